The van der Waals surface area contributed by atoms with Gasteiger partial charge in [0.05, 0.1) is 21.3 Å². The lowest BCUT2D eigenvalue weighted by Gasteiger charge is -2.14. The fraction of sp³-hybridized carbons (Fsp3) is 0.455. The minimum atomic E-state index is -0.365. The molecular weight excluding hydrogens is 226 g/mol. The van der Waals surface area contributed by atoms with Crippen molar-refractivity contribution in [3.63, 3.8) is 0 Å². The van der Waals surface area contributed by atoms with E-state index in [9.17, 15) is 10.1 Å². The van der Waals surface area contributed by atoms with E-state index in [1.54, 1.807) is 12.1 Å². The second kappa shape index (κ2) is 5.93. The number of rotatable bonds is 6. The van der Waals surface area contributed by atoms with E-state index in [2.05, 4.69) is 0 Å². The highest BCUT2D eigenvalue weighted by molar-refractivity contribution is 5.55. The molecule has 0 aromatic heterocycles. The van der Waals surface area contributed by atoms with E-state index in [-0.39, 0.29) is 17.9 Å². The van der Waals surface area contributed by atoms with E-state index in [4.69, 9.17) is 14.2 Å². The van der Waals surface area contributed by atoms with Crippen LogP contribution >= 0.6 is 0 Å². The number of hydrogen-bond donors (Lipinski definition) is 0. The normalized spacial score (nSPS) is 9.82. The number of nitrogens with zero attached hydrogens (tertiary/aromatic N) is 1. The molecule has 0 spiro atoms. The standard InChI is InChI=1S/C11H15NO5/c1-15-9-5-4-8(6-7-12(13)14)10(16-2)11(9)17-3/h4-5H,6-7H2,1-3H3. The molecule has 0 amide bonds. The second-order valence-electron chi connectivity index (χ2n) is 3.30. The summed E-state index contributed by atoms with van der Waals surface area (Å²) in [5.41, 5.74) is 0.724. The van der Waals surface area contributed by atoms with E-state index in [0.29, 0.717) is 17.2 Å². The van der Waals surface area contributed by atoms with Crippen molar-refractivity contribution >= 4 is 0 Å². The van der Waals surface area contributed by atoms with Crippen molar-refractivity contribution < 1.29 is 19.1 Å². The van der Waals surface area contributed by atoms with E-state index in [1.807, 2.05) is 0 Å². The van der Waals surface area contributed by atoms with Crippen LogP contribution in [0.15, 0.2) is 12.1 Å². The summed E-state index contributed by atoms with van der Waals surface area (Å²) in [5, 5.41) is 10.4. The molecule has 0 N–H and O–H groups in total. The number of benzene rings is 1. The first-order chi connectivity index (χ1) is 8.13. The summed E-state index contributed by atoms with van der Waals surface area (Å²) in [6.45, 7) is -0.147. The van der Waals surface area contributed by atoms with Crippen LogP contribution in [-0.2, 0) is 6.42 Å². The Hall–Kier alpha value is -1.98. The van der Waals surface area contributed by atoms with Crippen LogP contribution in [0.3, 0.4) is 0 Å². The largest absolute Gasteiger partial charge is 0.493 e. The Kier molecular flexibility index (Phi) is 4.56. The summed E-state index contributed by atoms with van der Waals surface area (Å²) >= 11 is 0. The van der Waals surface area contributed by atoms with Gasteiger partial charge in [-0.2, -0.15) is 0 Å². The first kappa shape index (κ1) is 13.1. The molecule has 1 rings (SSSR count). The Labute approximate surface area is 99.2 Å². The average Bonchev–Trinajstić information content (AvgIpc) is 2.34. The molecule has 1 aromatic rings. The van der Waals surface area contributed by atoms with Gasteiger partial charge in [0.15, 0.2) is 11.5 Å². The Bertz CT molecular complexity index is 405. The Morgan fingerprint density at radius 3 is 2.24 bits per heavy atom. The molecule has 0 aliphatic rings. The zero-order valence-electron chi connectivity index (χ0n) is 10.1. The molecular formula is C11H15NO5. The van der Waals surface area contributed by atoms with Gasteiger partial charge in [-0.25, -0.2) is 0 Å². The molecule has 94 valence electrons. The van der Waals surface area contributed by atoms with Crippen LogP contribution in [0.2, 0.25) is 0 Å². The van der Waals surface area contributed by atoms with Gasteiger partial charge in [0.25, 0.3) is 0 Å². The molecule has 6 heteroatoms. The van der Waals surface area contributed by atoms with Crippen LogP contribution in [0.1, 0.15) is 5.56 Å². The van der Waals surface area contributed by atoms with Crippen LogP contribution < -0.4 is 14.2 Å². The van der Waals surface area contributed by atoms with Gasteiger partial charge in [0.1, 0.15) is 0 Å². The predicted molar refractivity (Wildman–Crippen MR) is 61.7 cm³/mol. The van der Waals surface area contributed by atoms with Gasteiger partial charge in [0, 0.05) is 16.9 Å². The molecule has 0 radical (unpaired) electrons. The third kappa shape index (κ3) is 2.99. The SMILES string of the molecule is COc1ccc(CC[N+](=O)[O-])c(OC)c1OC. The van der Waals surface area contributed by atoms with Gasteiger partial charge in [0.2, 0.25) is 12.3 Å². The van der Waals surface area contributed by atoms with Gasteiger partial charge >= 0.3 is 0 Å². The smallest absolute Gasteiger partial charge is 0.208 e. The summed E-state index contributed by atoms with van der Waals surface area (Å²) in [5.74, 6) is 1.47. The minimum Gasteiger partial charge on any atom is -0.493 e. The highest BCUT2D eigenvalue weighted by Gasteiger charge is 2.16. The molecule has 0 bridgehead atoms. The molecule has 0 fully saturated rings. The molecule has 0 heterocycles. The summed E-state index contributed by atoms with van der Waals surface area (Å²) in [6.07, 6.45) is 0.288. The van der Waals surface area contributed by atoms with Crippen molar-refractivity contribution in [3.05, 3.63) is 27.8 Å². The fourth-order valence-electron chi connectivity index (χ4n) is 1.57. The Balaban J connectivity index is 3.09. The maximum atomic E-state index is 10.4. The van der Waals surface area contributed by atoms with E-state index in [0.717, 1.165) is 5.56 Å². The summed E-state index contributed by atoms with van der Waals surface area (Å²) in [6, 6.07) is 3.44. The summed E-state index contributed by atoms with van der Waals surface area (Å²) in [4.78, 5) is 9.99. The molecule has 0 saturated carbocycles. The second-order valence-corrected chi connectivity index (χ2v) is 3.30. The minimum absolute atomic E-state index is 0.147. The number of nitro groups is 1. The van der Waals surface area contributed by atoms with Crippen LogP contribution in [0.4, 0.5) is 0 Å². The average molecular weight is 241 g/mol. The van der Waals surface area contributed by atoms with Crippen molar-refractivity contribution in [1.29, 1.82) is 0 Å². The third-order valence-electron chi connectivity index (χ3n) is 2.35. The zero-order chi connectivity index (χ0) is 12.8. The maximum absolute atomic E-state index is 10.4. The van der Waals surface area contributed by atoms with Crippen LogP contribution in [0, 0.1) is 10.1 Å². The predicted octanol–water partition coefficient (Wildman–Crippen LogP) is 1.53. The van der Waals surface area contributed by atoms with Gasteiger partial charge in [-0.15, -0.1) is 0 Å². The van der Waals surface area contributed by atoms with Gasteiger partial charge in [-0.3, -0.25) is 10.1 Å². The first-order valence-electron chi connectivity index (χ1n) is 5.03. The van der Waals surface area contributed by atoms with E-state index in [1.165, 1.54) is 21.3 Å². The lowest BCUT2D eigenvalue weighted by Crippen LogP contribution is -2.06. The van der Waals surface area contributed by atoms with Crippen molar-refractivity contribution in [3.8, 4) is 17.2 Å². The van der Waals surface area contributed by atoms with Crippen molar-refractivity contribution in [2.75, 3.05) is 27.9 Å². The molecule has 0 aliphatic carbocycles. The van der Waals surface area contributed by atoms with E-state index < -0.39 is 0 Å². The molecule has 6 nitrogen and oxygen atoms in total. The molecule has 0 unspecified atom stereocenters. The van der Waals surface area contributed by atoms with E-state index >= 15 is 0 Å². The summed E-state index contributed by atoms with van der Waals surface area (Å²) in [7, 11) is 4.51. The molecule has 0 aliphatic heterocycles. The third-order valence-corrected chi connectivity index (χ3v) is 2.35. The van der Waals surface area contributed by atoms with Gasteiger partial charge < -0.3 is 14.2 Å². The fourth-order valence-corrected chi connectivity index (χ4v) is 1.57. The quantitative estimate of drug-likeness (QED) is 0.558. The highest BCUT2D eigenvalue weighted by atomic mass is 16.6. The molecule has 0 saturated heterocycles. The topological polar surface area (TPSA) is 70.8 Å². The Morgan fingerprint density at radius 1 is 1.12 bits per heavy atom. The first-order valence-corrected chi connectivity index (χ1v) is 5.03. The monoisotopic (exact) mass is 241 g/mol. The van der Waals surface area contributed by atoms with Crippen molar-refractivity contribution in [2.45, 2.75) is 6.42 Å². The number of ether oxygens (including phenoxy) is 3. The maximum Gasteiger partial charge on any atom is 0.208 e. The molecule has 1 aromatic carbocycles. The zero-order valence-corrected chi connectivity index (χ0v) is 10.1. The lowest BCUT2D eigenvalue weighted by molar-refractivity contribution is -0.479. The molecule has 17 heavy (non-hydrogen) atoms. The van der Waals surface area contributed by atoms with Gasteiger partial charge in [-0.05, 0) is 6.07 Å². The van der Waals surface area contributed by atoms with Crippen LogP contribution in [0.25, 0.3) is 0 Å². The Morgan fingerprint density at radius 2 is 1.76 bits per heavy atom. The van der Waals surface area contributed by atoms with Crippen LogP contribution in [-0.4, -0.2) is 32.8 Å². The number of methoxy groups -OCH3 is 3. The highest BCUT2D eigenvalue weighted by Crippen LogP contribution is 2.39. The lowest BCUT2D eigenvalue weighted by atomic mass is 10.1. The number of hydrogen-bond acceptors (Lipinski definition) is 5. The molecule has 0 atom stereocenters. The van der Waals surface area contributed by atoms with Crippen molar-refractivity contribution in [1.82, 2.24) is 0 Å². The van der Waals surface area contributed by atoms with Gasteiger partial charge in [-0.1, -0.05) is 6.07 Å². The van der Waals surface area contributed by atoms with Crippen LogP contribution in [0.5, 0.6) is 17.2 Å². The summed E-state index contributed by atoms with van der Waals surface area (Å²) < 4.78 is 15.5. The van der Waals surface area contributed by atoms with Crippen molar-refractivity contribution in [2.24, 2.45) is 0 Å².